The van der Waals surface area contributed by atoms with Gasteiger partial charge >= 0.3 is 5.92 Å². The summed E-state index contributed by atoms with van der Waals surface area (Å²) in [5, 5.41) is 0. The number of hydrogen-bond donors (Lipinski definition) is 1. The molecule has 112 valence electrons. The summed E-state index contributed by atoms with van der Waals surface area (Å²) in [5.74, 6) is -2.74. The highest BCUT2D eigenvalue weighted by molar-refractivity contribution is 7.90. The quantitative estimate of drug-likeness (QED) is 0.872. The van der Waals surface area contributed by atoms with Gasteiger partial charge in [0.2, 0.25) is 0 Å². The summed E-state index contributed by atoms with van der Waals surface area (Å²) >= 11 is -1.28. The van der Waals surface area contributed by atoms with Gasteiger partial charge in [0.15, 0.2) is 6.61 Å². The monoisotopic (exact) mass is 303 g/mol. The lowest BCUT2D eigenvalue weighted by molar-refractivity contribution is -0.0214. The third-order valence-corrected chi connectivity index (χ3v) is 4.82. The molecule has 6 heteroatoms. The van der Waals surface area contributed by atoms with Gasteiger partial charge in [-0.1, -0.05) is 12.1 Å². The van der Waals surface area contributed by atoms with E-state index in [9.17, 15) is 13.3 Å². The molecule has 0 fully saturated rings. The van der Waals surface area contributed by atoms with Gasteiger partial charge in [0.1, 0.15) is 10.5 Å². The Morgan fingerprint density at radius 1 is 1.40 bits per heavy atom. The summed E-state index contributed by atoms with van der Waals surface area (Å²) in [6, 6.07) is 4.34. The Bertz CT molecular complexity index is 502. The van der Waals surface area contributed by atoms with Crippen molar-refractivity contribution < 1.29 is 18.1 Å². The molecule has 0 saturated carbocycles. The number of rotatable bonds is 3. The van der Waals surface area contributed by atoms with Crippen LogP contribution in [0.4, 0.5) is 8.78 Å². The highest BCUT2D eigenvalue weighted by Crippen LogP contribution is 2.44. The number of benzene rings is 1. The van der Waals surface area contributed by atoms with E-state index < -0.39 is 28.6 Å². The SMILES string of the molecule is C[C@@H](N[S@+]([O-])C(C)(C)C)c1cccc2c1OCC2(F)F. The molecule has 0 bridgehead atoms. The lowest BCUT2D eigenvalue weighted by Gasteiger charge is -2.27. The second kappa shape index (κ2) is 5.16. The Morgan fingerprint density at radius 3 is 2.65 bits per heavy atom. The van der Waals surface area contributed by atoms with Crippen LogP contribution in [0.25, 0.3) is 0 Å². The normalized spacial score (nSPS) is 20.1. The molecule has 0 amide bonds. The first-order valence-corrected chi connectivity index (χ1v) is 7.60. The van der Waals surface area contributed by atoms with Crippen LogP contribution in [0, 0.1) is 0 Å². The molecule has 0 spiro atoms. The van der Waals surface area contributed by atoms with E-state index >= 15 is 0 Å². The van der Waals surface area contributed by atoms with Gasteiger partial charge in [0, 0.05) is 16.9 Å². The van der Waals surface area contributed by atoms with E-state index in [2.05, 4.69) is 4.72 Å². The van der Waals surface area contributed by atoms with E-state index in [0.29, 0.717) is 5.56 Å². The summed E-state index contributed by atoms with van der Waals surface area (Å²) in [7, 11) is 0. The van der Waals surface area contributed by atoms with Gasteiger partial charge in [0.05, 0.1) is 11.6 Å². The number of nitrogens with one attached hydrogen (secondary N) is 1. The van der Waals surface area contributed by atoms with Crippen molar-refractivity contribution in [2.45, 2.75) is 44.4 Å². The first kappa shape index (κ1) is 15.5. The minimum atomic E-state index is -2.95. The number of ether oxygens (including phenoxy) is 1. The van der Waals surface area contributed by atoms with Gasteiger partial charge < -0.3 is 9.29 Å². The van der Waals surface area contributed by atoms with Crippen LogP contribution in [0.2, 0.25) is 0 Å². The first-order chi connectivity index (χ1) is 9.13. The molecule has 0 aliphatic carbocycles. The standard InChI is InChI=1S/C14H19F2NO2S/c1-9(17-20(18)13(2,3)4)10-6-5-7-11-12(10)19-8-14(11,15)16/h5-7,9,17H,8H2,1-4H3/t9-,20-/m1/s1. The van der Waals surface area contributed by atoms with E-state index in [0.717, 1.165) is 0 Å². The van der Waals surface area contributed by atoms with E-state index in [1.807, 2.05) is 20.8 Å². The van der Waals surface area contributed by atoms with Crippen LogP contribution in [0.5, 0.6) is 5.75 Å². The van der Waals surface area contributed by atoms with Gasteiger partial charge in [-0.05, 0) is 33.8 Å². The zero-order valence-corrected chi connectivity index (χ0v) is 12.8. The van der Waals surface area contributed by atoms with Crippen LogP contribution >= 0.6 is 0 Å². The van der Waals surface area contributed by atoms with Crippen LogP contribution < -0.4 is 9.46 Å². The number of para-hydroxylation sites is 1. The summed E-state index contributed by atoms with van der Waals surface area (Å²) in [6.45, 7) is 6.71. The van der Waals surface area contributed by atoms with Crippen molar-refractivity contribution in [2.24, 2.45) is 0 Å². The van der Waals surface area contributed by atoms with E-state index in [1.54, 1.807) is 19.1 Å². The average Bonchev–Trinajstić information content (AvgIpc) is 2.64. The van der Waals surface area contributed by atoms with Gasteiger partial charge in [-0.15, -0.1) is 4.72 Å². The van der Waals surface area contributed by atoms with Crippen molar-refractivity contribution in [3.8, 4) is 5.75 Å². The maximum absolute atomic E-state index is 13.6. The molecule has 2 rings (SSSR count). The molecule has 0 radical (unpaired) electrons. The number of halogens is 2. The fourth-order valence-electron chi connectivity index (χ4n) is 1.99. The van der Waals surface area contributed by atoms with Gasteiger partial charge in [0.25, 0.3) is 0 Å². The Balaban J connectivity index is 2.25. The summed E-state index contributed by atoms with van der Waals surface area (Å²) in [6.07, 6.45) is 0. The highest BCUT2D eigenvalue weighted by atomic mass is 32.2. The molecule has 1 aliphatic heterocycles. The Kier molecular flexibility index (Phi) is 4.01. The number of hydrogen-bond acceptors (Lipinski definition) is 3. The zero-order chi connectivity index (χ0) is 15.1. The van der Waals surface area contributed by atoms with E-state index in [1.165, 1.54) is 6.07 Å². The van der Waals surface area contributed by atoms with Crippen LogP contribution in [-0.2, 0) is 17.3 Å². The maximum atomic E-state index is 13.6. The molecular formula is C14H19F2NO2S. The van der Waals surface area contributed by atoms with E-state index in [-0.39, 0.29) is 17.4 Å². The lowest BCUT2D eigenvalue weighted by atomic mass is 10.0. The van der Waals surface area contributed by atoms with Crippen LogP contribution in [0.15, 0.2) is 18.2 Å². The third kappa shape index (κ3) is 2.92. The lowest BCUT2D eigenvalue weighted by Crippen LogP contribution is -2.40. The van der Waals surface area contributed by atoms with Crippen LogP contribution in [0.1, 0.15) is 44.9 Å². The van der Waals surface area contributed by atoms with Crippen molar-refractivity contribution in [3.63, 3.8) is 0 Å². The molecule has 20 heavy (non-hydrogen) atoms. The Labute approximate surface area is 121 Å². The molecule has 2 atom stereocenters. The predicted molar refractivity (Wildman–Crippen MR) is 75.3 cm³/mol. The Morgan fingerprint density at radius 2 is 2.05 bits per heavy atom. The molecule has 1 aliphatic rings. The van der Waals surface area contributed by atoms with Crippen LogP contribution in [0.3, 0.4) is 0 Å². The van der Waals surface area contributed by atoms with Crippen molar-refractivity contribution in [1.29, 1.82) is 0 Å². The van der Waals surface area contributed by atoms with Crippen molar-refractivity contribution in [1.82, 2.24) is 4.72 Å². The minimum absolute atomic E-state index is 0.0924. The molecule has 0 unspecified atom stereocenters. The minimum Gasteiger partial charge on any atom is -0.598 e. The molecule has 0 aromatic heterocycles. The van der Waals surface area contributed by atoms with Crippen LogP contribution in [-0.4, -0.2) is 15.9 Å². The molecule has 1 aromatic rings. The second-order valence-corrected chi connectivity index (χ2v) is 7.94. The summed E-state index contributed by atoms with van der Waals surface area (Å²) < 4.78 is 47.0. The smallest absolute Gasteiger partial charge is 0.310 e. The van der Waals surface area contributed by atoms with Gasteiger partial charge in [-0.3, -0.25) is 0 Å². The zero-order valence-electron chi connectivity index (χ0n) is 12.0. The van der Waals surface area contributed by atoms with Crippen molar-refractivity contribution in [3.05, 3.63) is 29.3 Å². The predicted octanol–water partition coefficient (Wildman–Crippen LogP) is 3.28. The van der Waals surface area contributed by atoms with E-state index in [4.69, 9.17) is 4.74 Å². The van der Waals surface area contributed by atoms with Crippen molar-refractivity contribution >= 4 is 11.4 Å². The second-order valence-electron chi connectivity index (χ2n) is 5.94. The molecule has 1 N–H and O–H groups in total. The van der Waals surface area contributed by atoms with Crippen molar-refractivity contribution in [2.75, 3.05) is 6.61 Å². The number of fused-ring (bicyclic) bond motifs is 1. The highest BCUT2D eigenvalue weighted by Gasteiger charge is 2.43. The molecule has 0 saturated heterocycles. The largest absolute Gasteiger partial charge is 0.598 e. The third-order valence-electron chi connectivity index (χ3n) is 3.14. The maximum Gasteiger partial charge on any atom is 0.310 e. The Hall–Kier alpha value is -0.850. The first-order valence-electron chi connectivity index (χ1n) is 6.45. The fourth-order valence-corrected chi connectivity index (χ4v) is 2.79. The topological polar surface area (TPSA) is 44.3 Å². The van der Waals surface area contributed by atoms with Gasteiger partial charge in [-0.2, -0.15) is 8.78 Å². The molecule has 3 nitrogen and oxygen atoms in total. The summed E-state index contributed by atoms with van der Waals surface area (Å²) in [4.78, 5) is 0. The van der Waals surface area contributed by atoms with Gasteiger partial charge in [-0.25, -0.2) is 0 Å². The fraction of sp³-hybridized carbons (Fsp3) is 0.571. The number of alkyl halides is 2. The molecule has 1 aromatic carbocycles. The molecular weight excluding hydrogens is 284 g/mol. The molecule has 1 heterocycles. The summed E-state index contributed by atoms with van der Waals surface area (Å²) in [5.41, 5.74) is 0.516. The average molecular weight is 303 g/mol.